The molecule has 0 atom stereocenters. The van der Waals surface area contributed by atoms with Crippen LogP contribution in [0.5, 0.6) is 0 Å². The molecule has 21 heavy (non-hydrogen) atoms. The summed E-state index contributed by atoms with van der Waals surface area (Å²) in [5, 5.41) is 0. The molecule has 0 unspecified atom stereocenters. The molecule has 2 heteroatoms. The van der Waals surface area contributed by atoms with Crippen LogP contribution in [-0.4, -0.2) is 16.1 Å². The molecule has 0 saturated heterocycles. The summed E-state index contributed by atoms with van der Waals surface area (Å²) in [6, 6.07) is 0. The fourth-order valence-corrected chi connectivity index (χ4v) is 9.16. The minimum atomic E-state index is -1.63. The molecule has 0 bridgehead atoms. The Balaban J connectivity index is 5.72. The first kappa shape index (κ1) is 20.6. The Bertz CT molecular complexity index is 432. The summed E-state index contributed by atoms with van der Waals surface area (Å²) in [4.78, 5) is 0. The molecule has 0 amide bonds. The van der Waals surface area contributed by atoms with Crippen LogP contribution in [0.2, 0.25) is 36.3 Å². The van der Waals surface area contributed by atoms with Crippen molar-refractivity contribution in [3.8, 4) is 22.9 Å². The van der Waals surface area contributed by atoms with Gasteiger partial charge in [0.05, 0.1) is 5.41 Å². The monoisotopic (exact) mass is 320 g/mol. The quantitative estimate of drug-likeness (QED) is 0.434. The highest BCUT2D eigenvalue weighted by molar-refractivity contribution is 6.90. The Morgan fingerprint density at radius 2 is 1.00 bits per heavy atom. The first-order valence-electron chi connectivity index (χ1n) is 8.33. The van der Waals surface area contributed by atoms with Crippen molar-refractivity contribution in [2.24, 2.45) is 5.41 Å². The van der Waals surface area contributed by atoms with Crippen molar-refractivity contribution >= 4 is 16.1 Å². The molecule has 0 aromatic rings. The number of rotatable bonds is 3. The van der Waals surface area contributed by atoms with Crippen molar-refractivity contribution in [1.82, 2.24) is 0 Å². The first-order chi connectivity index (χ1) is 9.24. The molecule has 0 aliphatic heterocycles. The van der Waals surface area contributed by atoms with Gasteiger partial charge in [0.1, 0.15) is 16.1 Å². The van der Waals surface area contributed by atoms with Gasteiger partial charge in [0.2, 0.25) is 0 Å². The lowest BCUT2D eigenvalue weighted by Gasteiger charge is -2.38. The summed E-state index contributed by atoms with van der Waals surface area (Å²) in [6.45, 7) is 25.4. The van der Waals surface area contributed by atoms with Crippen molar-refractivity contribution in [3.05, 3.63) is 0 Å². The molecule has 120 valence electrons. The van der Waals surface area contributed by atoms with Gasteiger partial charge in [-0.05, 0) is 30.5 Å². The Kier molecular flexibility index (Phi) is 7.06. The summed E-state index contributed by atoms with van der Waals surface area (Å²) in [5.74, 6) is 7.03. The normalized spacial score (nSPS) is 13.0. The van der Waals surface area contributed by atoms with Crippen molar-refractivity contribution < 1.29 is 0 Å². The van der Waals surface area contributed by atoms with Gasteiger partial charge in [-0.25, -0.2) is 0 Å². The average Bonchev–Trinajstić information content (AvgIpc) is 2.24. The van der Waals surface area contributed by atoms with E-state index in [0.29, 0.717) is 16.6 Å². The van der Waals surface area contributed by atoms with Gasteiger partial charge in [0.15, 0.2) is 0 Å². The van der Waals surface area contributed by atoms with Crippen LogP contribution in [0.25, 0.3) is 0 Å². The maximum absolute atomic E-state index is 3.81. The van der Waals surface area contributed by atoms with Gasteiger partial charge in [-0.2, -0.15) is 0 Å². The lowest BCUT2D eigenvalue weighted by atomic mass is 9.97. The van der Waals surface area contributed by atoms with Gasteiger partial charge in [0.25, 0.3) is 0 Å². The van der Waals surface area contributed by atoms with Crippen LogP contribution in [0.3, 0.4) is 0 Å². The second kappa shape index (κ2) is 7.21. The summed E-state index contributed by atoms with van der Waals surface area (Å²) >= 11 is 0. The third-order valence-corrected chi connectivity index (χ3v) is 11.4. The van der Waals surface area contributed by atoms with Crippen LogP contribution < -0.4 is 0 Å². The second-order valence-corrected chi connectivity index (χ2v) is 19.1. The molecule has 0 N–H and O–H groups in total. The zero-order valence-electron chi connectivity index (χ0n) is 16.2. The van der Waals surface area contributed by atoms with Crippen molar-refractivity contribution in [1.29, 1.82) is 0 Å². The number of hydrogen-bond donors (Lipinski definition) is 0. The van der Waals surface area contributed by atoms with Crippen LogP contribution in [0.15, 0.2) is 0 Å². The predicted octanol–water partition coefficient (Wildman–Crippen LogP) is 6.11. The summed E-state index contributed by atoms with van der Waals surface area (Å²) in [7, 11) is -2.95. The van der Waals surface area contributed by atoms with Gasteiger partial charge < -0.3 is 0 Å². The molecular weight excluding hydrogens is 284 g/mol. The highest BCUT2D eigenvalue weighted by atomic mass is 28.3. The second-order valence-electron chi connectivity index (χ2n) is 8.77. The van der Waals surface area contributed by atoms with E-state index in [1.165, 1.54) is 0 Å². The fraction of sp³-hybridized carbons (Fsp3) is 0.789. The molecule has 0 spiro atoms. The number of hydrogen-bond acceptors (Lipinski definition) is 0. The van der Waals surface area contributed by atoms with E-state index in [9.17, 15) is 0 Å². The van der Waals surface area contributed by atoms with Crippen LogP contribution >= 0.6 is 0 Å². The molecule has 0 radical (unpaired) electrons. The van der Waals surface area contributed by atoms with Crippen LogP contribution in [0, 0.1) is 28.3 Å². The Morgan fingerprint density at radius 1 is 0.667 bits per heavy atom. The fourth-order valence-electron chi connectivity index (χ4n) is 3.07. The van der Waals surface area contributed by atoms with E-state index in [4.69, 9.17) is 0 Å². The topological polar surface area (TPSA) is 0 Å². The van der Waals surface area contributed by atoms with Gasteiger partial charge in [-0.1, -0.05) is 73.0 Å². The molecule has 0 fully saturated rings. The smallest absolute Gasteiger partial charge is 0.130 e. The van der Waals surface area contributed by atoms with E-state index >= 15 is 0 Å². The molecule has 0 rings (SSSR count). The first-order valence-corrected chi connectivity index (χ1v) is 14.1. The summed E-state index contributed by atoms with van der Waals surface area (Å²) in [6.07, 6.45) is 0. The molecule has 0 aliphatic carbocycles. The van der Waals surface area contributed by atoms with Gasteiger partial charge in [-0.3, -0.25) is 0 Å². The highest BCUT2D eigenvalue weighted by Crippen LogP contribution is 2.41. The molecular formula is C19H36Si2. The van der Waals surface area contributed by atoms with Gasteiger partial charge in [0, 0.05) is 0 Å². The molecule has 0 aromatic heterocycles. The summed E-state index contributed by atoms with van der Waals surface area (Å²) in [5.41, 5.74) is 9.17. The third kappa shape index (κ3) is 6.05. The SMILES string of the molecule is CC(C)[Si](C#CC(C)(C)C#C[Si](C)(C)C)(C(C)C)C(C)C. The zero-order chi connectivity index (χ0) is 17.1. The largest absolute Gasteiger partial charge is 0.146 e. The molecule has 0 heterocycles. The van der Waals surface area contributed by atoms with E-state index in [1.807, 2.05) is 0 Å². The van der Waals surface area contributed by atoms with Crippen molar-refractivity contribution in [2.45, 2.75) is 91.7 Å². The average molecular weight is 321 g/mol. The zero-order valence-corrected chi connectivity index (χ0v) is 18.2. The van der Waals surface area contributed by atoms with E-state index in [-0.39, 0.29) is 5.41 Å². The molecule has 0 aromatic carbocycles. The molecule has 0 saturated carbocycles. The molecule has 0 nitrogen and oxygen atoms in total. The third-order valence-electron chi connectivity index (χ3n) is 4.21. The van der Waals surface area contributed by atoms with Gasteiger partial charge >= 0.3 is 0 Å². The van der Waals surface area contributed by atoms with E-state index in [0.717, 1.165) is 0 Å². The minimum Gasteiger partial charge on any atom is -0.130 e. The molecule has 0 aliphatic rings. The Morgan fingerprint density at radius 3 is 1.29 bits per heavy atom. The van der Waals surface area contributed by atoms with E-state index < -0.39 is 16.1 Å². The highest BCUT2D eigenvalue weighted by Gasteiger charge is 2.41. The van der Waals surface area contributed by atoms with E-state index in [2.05, 4.69) is 98.0 Å². The maximum atomic E-state index is 3.81. The maximum Gasteiger partial charge on any atom is 0.146 e. The predicted molar refractivity (Wildman–Crippen MR) is 104 cm³/mol. The summed E-state index contributed by atoms with van der Waals surface area (Å²) < 4.78 is 0. The Hall–Kier alpha value is -0.446. The van der Waals surface area contributed by atoms with Crippen LogP contribution in [0.4, 0.5) is 0 Å². The van der Waals surface area contributed by atoms with Crippen LogP contribution in [0.1, 0.15) is 55.4 Å². The van der Waals surface area contributed by atoms with Crippen LogP contribution in [-0.2, 0) is 0 Å². The van der Waals surface area contributed by atoms with Gasteiger partial charge in [-0.15, -0.1) is 11.1 Å². The lowest BCUT2D eigenvalue weighted by Crippen LogP contribution is -2.43. The standard InChI is InChI=1S/C19H36Si2/c1-16(2)21(17(3)4,18(5)6)15-13-19(7,8)12-14-20(9,10)11/h16-18H,1-11H3. The van der Waals surface area contributed by atoms with Crippen molar-refractivity contribution in [3.63, 3.8) is 0 Å². The van der Waals surface area contributed by atoms with E-state index in [1.54, 1.807) is 0 Å². The minimum absolute atomic E-state index is 0.183. The lowest BCUT2D eigenvalue weighted by molar-refractivity contribution is 0.686. The Labute approximate surface area is 136 Å². The van der Waals surface area contributed by atoms with Crippen molar-refractivity contribution in [2.75, 3.05) is 0 Å².